The van der Waals surface area contributed by atoms with Gasteiger partial charge in [0.1, 0.15) is 18.6 Å². The van der Waals surface area contributed by atoms with Crippen LogP contribution in [0.2, 0.25) is 0 Å². The van der Waals surface area contributed by atoms with Gasteiger partial charge in [-0.05, 0) is 37.0 Å². The lowest BCUT2D eigenvalue weighted by atomic mass is 10.1. The molecule has 2 atom stereocenters. The van der Waals surface area contributed by atoms with E-state index in [4.69, 9.17) is 15.6 Å². The summed E-state index contributed by atoms with van der Waals surface area (Å²) in [5.41, 5.74) is 6.42. The summed E-state index contributed by atoms with van der Waals surface area (Å²) in [4.78, 5) is 13.2. The van der Waals surface area contributed by atoms with Gasteiger partial charge in [-0.1, -0.05) is 12.1 Å². The second kappa shape index (κ2) is 6.72. The van der Waals surface area contributed by atoms with Crippen LogP contribution in [-0.2, 0) is 11.2 Å². The number of hydrogen-bond acceptors (Lipinski definition) is 4. The lowest BCUT2D eigenvalue weighted by Crippen LogP contribution is -2.33. The molecule has 1 aromatic carbocycles. The van der Waals surface area contributed by atoms with Gasteiger partial charge < -0.3 is 20.5 Å². The van der Waals surface area contributed by atoms with Gasteiger partial charge in [-0.3, -0.25) is 4.79 Å². The predicted molar refractivity (Wildman–Crippen MR) is 76.2 cm³/mol. The van der Waals surface area contributed by atoms with E-state index >= 15 is 0 Å². The molecule has 1 amide bonds. The fourth-order valence-electron chi connectivity index (χ4n) is 2.36. The quantitative estimate of drug-likeness (QED) is 0.758. The third-order valence-corrected chi connectivity index (χ3v) is 3.70. The molecule has 0 aromatic heterocycles. The van der Waals surface area contributed by atoms with Gasteiger partial charge in [-0.15, -0.1) is 0 Å². The third-order valence-electron chi connectivity index (χ3n) is 3.70. The van der Waals surface area contributed by atoms with Crippen LogP contribution >= 0.6 is 0 Å². The van der Waals surface area contributed by atoms with Crippen molar-refractivity contribution >= 4 is 5.91 Å². The van der Waals surface area contributed by atoms with Crippen LogP contribution in [0.1, 0.15) is 24.8 Å². The van der Waals surface area contributed by atoms with Gasteiger partial charge in [0, 0.05) is 13.5 Å². The zero-order valence-electron chi connectivity index (χ0n) is 11.8. The standard InChI is InChI=1S/C15H22N2O3/c1-17-12(6-8-15(17)19)10-20-13-4-2-3-11(9-13)5-7-14(16)18/h2-4,9,12,14,18H,5-8,10,16H2,1H3/t12?,14-/m1/s1. The normalized spacial score (nSPS) is 20.2. The minimum atomic E-state index is -0.780. The lowest BCUT2D eigenvalue weighted by Gasteiger charge is -2.20. The number of likely N-dealkylation sites (N-methyl/N-ethyl adjacent to an activating group) is 1. The van der Waals surface area contributed by atoms with E-state index in [1.807, 2.05) is 31.3 Å². The molecule has 2 rings (SSSR count). The van der Waals surface area contributed by atoms with Crippen LogP contribution in [0.3, 0.4) is 0 Å². The molecule has 5 nitrogen and oxygen atoms in total. The van der Waals surface area contributed by atoms with E-state index < -0.39 is 6.23 Å². The number of likely N-dealkylation sites (tertiary alicyclic amines) is 1. The molecule has 1 aromatic rings. The Labute approximate surface area is 119 Å². The van der Waals surface area contributed by atoms with Crippen LogP contribution in [0.25, 0.3) is 0 Å². The van der Waals surface area contributed by atoms with E-state index in [0.29, 0.717) is 19.4 Å². The maximum Gasteiger partial charge on any atom is 0.222 e. The molecular formula is C15H22N2O3. The van der Waals surface area contributed by atoms with Gasteiger partial charge in [0.2, 0.25) is 5.91 Å². The summed E-state index contributed by atoms with van der Waals surface area (Å²) < 4.78 is 5.77. The van der Waals surface area contributed by atoms with Gasteiger partial charge >= 0.3 is 0 Å². The topological polar surface area (TPSA) is 75.8 Å². The molecule has 1 aliphatic heterocycles. The van der Waals surface area contributed by atoms with E-state index in [9.17, 15) is 4.79 Å². The monoisotopic (exact) mass is 278 g/mol. The molecule has 20 heavy (non-hydrogen) atoms. The Balaban J connectivity index is 1.86. The van der Waals surface area contributed by atoms with Crippen molar-refractivity contribution in [3.8, 4) is 5.75 Å². The molecule has 0 saturated carbocycles. The van der Waals surface area contributed by atoms with E-state index in [0.717, 1.165) is 24.2 Å². The number of aryl methyl sites for hydroxylation is 1. The van der Waals surface area contributed by atoms with Crippen molar-refractivity contribution in [1.29, 1.82) is 0 Å². The number of nitrogens with two attached hydrogens (primary N) is 1. The third kappa shape index (κ3) is 3.95. The minimum absolute atomic E-state index is 0.164. The zero-order valence-corrected chi connectivity index (χ0v) is 11.8. The highest BCUT2D eigenvalue weighted by molar-refractivity contribution is 5.78. The SMILES string of the molecule is CN1C(=O)CCC1COc1cccc(CC[C@H](N)O)c1. The van der Waals surface area contributed by atoms with Gasteiger partial charge in [-0.2, -0.15) is 0 Å². The van der Waals surface area contributed by atoms with Crippen LogP contribution in [0.4, 0.5) is 0 Å². The summed E-state index contributed by atoms with van der Waals surface area (Å²) in [6, 6.07) is 7.94. The molecule has 1 fully saturated rings. The molecular weight excluding hydrogens is 256 g/mol. The van der Waals surface area contributed by atoms with Gasteiger partial charge in [0.25, 0.3) is 0 Å². The fourth-order valence-corrected chi connectivity index (χ4v) is 2.36. The van der Waals surface area contributed by atoms with E-state index in [1.165, 1.54) is 0 Å². The van der Waals surface area contributed by atoms with Gasteiger partial charge in [0.15, 0.2) is 0 Å². The van der Waals surface area contributed by atoms with Gasteiger partial charge in [-0.25, -0.2) is 0 Å². The first-order valence-electron chi connectivity index (χ1n) is 6.97. The first-order valence-corrected chi connectivity index (χ1v) is 6.97. The van der Waals surface area contributed by atoms with Crippen molar-refractivity contribution in [2.75, 3.05) is 13.7 Å². The van der Waals surface area contributed by atoms with Crippen LogP contribution in [-0.4, -0.2) is 41.8 Å². The highest BCUT2D eigenvalue weighted by atomic mass is 16.5. The molecule has 110 valence electrons. The summed E-state index contributed by atoms with van der Waals surface area (Å²) in [6.07, 6.45) is 1.94. The summed E-state index contributed by atoms with van der Waals surface area (Å²) in [5.74, 6) is 0.978. The van der Waals surface area contributed by atoms with Crippen LogP contribution in [0.5, 0.6) is 5.75 Å². The van der Waals surface area contributed by atoms with Crippen molar-refractivity contribution in [3.63, 3.8) is 0 Å². The Morgan fingerprint density at radius 3 is 3.00 bits per heavy atom. The molecule has 1 saturated heterocycles. The number of benzene rings is 1. The first-order chi connectivity index (χ1) is 9.56. The van der Waals surface area contributed by atoms with Crippen LogP contribution in [0, 0.1) is 0 Å². The summed E-state index contributed by atoms with van der Waals surface area (Å²) in [5, 5.41) is 9.09. The van der Waals surface area contributed by atoms with Crippen molar-refractivity contribution in [3.05, 3.63) is 29.8 Å². The molecule has 1 unspecified atom stereocenters. The largest absolute Gasteiger partial charge is 0.491 e. The molecule has 3 N–H and O–H groups in total. The molecule has 0 radical (unpaired) electrons. The summed E-state index contributed by atoms with van der Waals surface area (Å²) in [7, 11) is 1.82. The van der Waals surface area contributed by atoms with Crippen molar-refractivity contribution < 1.29 is 14.6 Å². The highest BCUT2D eigenvalue weighted by Gasteiger charge is 2.27. The average Bonchev–Trinajstić information content (AvgIpc) is 2.75. The number of carbonyl (C=O) groups excluding carboxylic acids is 1. The Hall–Kier alpha value is -1.59. The first kappa shape index (κ1) is 14.8. The number of aliphatic hydroxyl groups excluding tert-OH is 1. The van der Waals surface area contributed by atoms with Crippen LogP contribution in [0.15, 0.2) is 24.3 Å². The van der Waals surface area contributed by atoms with E-state index in [-0.39, 0.29) is 11.9 Å². The van der Waals surface area contributed by atoms with E-state index in [2.05, 4.69) is 0 Å². The molecule has 0 bridgehead atoms. The second-order valence-corrected chi connectivity index (χ2v) is 5.26. The second-order valence-electron chi connectivity index (χ2n) is 5.26. The number of amides is 1. The Morgan fingerprint density at radius 2 is 2.35 bits per heavy atom. The highest BCUT2D eigenvalue weighted by Crippen LogP contribution is 2.20. The fraction of sp³-hybridized carbons (Fsp3) is 0.533. The summed E-state index contributed by atoms with van der Waals surface area (Å²) >= 11 is 0. The number of rotatable bonds is 6. The van der Waals surface area contributed by atoms with Crippen molar-refractivity contribution in [2.45, 2.75) is 38.0 Å². The molecule has 0 aliphatic carbocycles. The zero-order chi connectivity index (χ0) is 14.5. The van der Waals surface area contributed by atoms with Crippen molar-refractivity contribution in [1.82, 2.24) is 4.90 Å². The number of carbonyl (C=O) groups is 1. The lowest BCUT2D eigenvalue weighted by molar-refractivity contribution is -0.127. The summed E-state index contributed by atoms with van der Waals surface area (Å²) in [6.45, 7) is 0.519. The number of nitrogens with zero attached hydrogens (tertiary/aromatic N) is 1. The molecule has 5 heteroatoms. The smallest absolute Gasteiger partial charge is 0.222 e. The predicted octanol–water partition coefficient (Wildman–Crippen LogP) is 0.896. The van der Waals surface area contributed by atoms with E-state index in [1.54, 1.807) is 4.90 Å². The number of ether oxygens (including phenoxy) is 1. The molecule has 1 heterocycles. The Bertz CT molecular complexity index is 462. The molecule has 1 aliphatic rings. The maximum absolute atomic E-state index is 11.4. The number of aliphatic hydroxyl groups is 1. The average molecular weight is 278 g/mol. The van der Waals surface area contributed by atoms with Crippen LogP contribution < -0.4 is 10.5 Å². The minimum Gasteiger partial charge on any atom is -0.491 e. The van der Waals surface area contributed by atoms with Crippen molar-refractivity contribution in [2.24, 2.45) is 5.73 Å². The molecule has 0 spiro atoms. The van der Waals surface area contributed by atoms with Gasteiger partial charge in [0.05, 0.1) is 6.04 Å². The number of hydrogen-bond donors (Lipinski definition) is 2. The Kier molecular flexibility index (Phi) is 4.98. The maximum atomic E-state index is 11.4. The Morgan fingerprint density at radius 1 is 1.55 bits per heavy atom.